The molecule has 1 nitrogen and oxygen atoms in total. The summed E-state index contributed by atoms with van der Waals surface area (Å²) in [6, 6.07) is 0. The molecule has 0 aliphatic heterocycles. The lowest BCUT2D eigenvalue weighted by Gasteiger charge is -2.05. The van der Waals surface area contributed by atoms with E-state index in [9.17, 15) is 4.79 Å². The molecule has 1 saturated carbocycles. The van der Waals surface area contributed by atoms with E-state index >= 15 is 0 Å². The van der Waals surface area contributed by atoms with E-state index in [1.54, 1.807) is 0 Å². The molecule has 0 saturated heterocycles. The summed E-state index contributed by atoms with van der Waals surface area (Å²) in [5, 5.41) is 0. The van der Waals surface area contributed by atoms with Gasteiger partial charge in [-0.15, -0.1) is 0 Å². The Hall–Kier alpha value is -0.590. The molecule has 0 amide bonds. The average Bonchev–Trinajstić information content (AvgIpc) is 2.20. The fourth-order valence-electron chi connectivity index (χ4n) is 1.53. The fourth-order valence-corrected chi connectivity index (χ4v) is 1.53. The summed E-state index contributed by atoms with van der Waals surface area (Å²) in [7, 11) is 0. The Bertz CT molecular complexity index is 158. The van der Waals surface area contributed by atoms with Crippen LogP contribution < -0.4 is 0 Å². The maximum atomic E-state index is 11.0. The van der Waals surface area contributed by atoms with Crippen molar-refractivity contribution in [2.45, 2.75) is 32.6 Å². The van der Waals surface area contributed by atoms with Crippen molar-refractivity contribution in [1.29, 1.82) is 0 Å². The summed E-state index contributed by atoms with van der Waals surface area (Å²) in [4.78, 5) is 11.0. The SMILES string of the molecule is C=C1C(=O)CCC1CCC. The zero-order valence-corrected chi connectivity index (χ0v) is 6.52. The van der Waals surface area contributed by atoms with Gasteiger partial charge in [-0.3, -0.25) is 4.79 Å². The van der Waals surface area contributed by atoms with Crippen molar-refractivity contribution >= 4 is 5.78 Å². The molecule has 0 aromatic carbocycles. The Morgan fingerprint density at radius 2 is 2.40 bits per heavy atom. The van der Waals surface area contributed by atoms with Gasteiger partial charge < -0.3 is 0 Å². The van der Waals surface area contributed by atoms with Crippen molar-refractivity contribution in [2.75, 3.05) is 0 Å². The van der Waals surface area contributed by atoms with Crippen LogP contribution in [0.5, 0.6) is 0 Å². The minimum absolute atomic E-state index is 0.290. The molecule has 1 rings (SSSR count). The highest BCUT2D eigenvalue weighted by Gasteiger charge is 2.25. The Morgan fingerprint density at radius 1 is 1.70 bits per heavy atom. The van der Waals surface area contributed by atoms with Crippen LogP contribution in [0.1, 0.15) is 32.6 Å². The van der Waals surface area contributed by atoms with Gasteiger partial charge in [0.15, 0.2) is 5.78 Å². The van der Waals surface area contributed by atoms with Gasteiger partial charge in [-0.2, -0.15) is 0 Å². The lowest BCUT2D eigenvalue weighted by atomic mass is 9.99. The van der Waals surface area contributed by atoms with Gasteiger partial charge in [0.2, 0.25) is 0 Å². The lowest BCUT2D eigenvalue weighted by Crippen LogP contribution is -1.98. The molecule has 0 radical (unpaired) electrons. The minimum atomic E-state index is 0.290. The summed E-state index contributed by atoms with van der Waals surface area (Å²) >= 11 is 0. The van der Waals surface area contributed by atoms with Crippen LogP contribution in [0.3, 0.4) is 0 Å². The second-order valence-electron chi connectivity index (χ2n) is 2.97. The van der Waals surface area contributed by atoms with E-state index in [1.807, 2.05) is 0 Å². The summed E-state index contributed by atoms with van der Waals surface area (Å²) in [5.74, 6) is 0.802. The van der Waals surface area contributed by atoms with E-state index in [1.165, 1.54) is 0 Å². The quantitative estimate of drug-likeness (QED) is 0.535. The van der Waals surface area contributed by atoms with E-state index in [0.717, 1.165) is 31.3 Å². The molecule has 0 aromatic heterocycles. The van der Waals surface area contributed by atoms with Crippen LogP contribution in [0.4, 0.5) is 0 Å². The zero-order chi connectivity index (χ0) is 7.56. The Labute approximate surface area is 62.1 Å². The molecule has 56 valence electrons. The highest BCUT2D eigenvalue weighted by Crippen LogP contribution is 2.29. The number of hydrogen-bond acceptors (Lipinski definition) is 1. The third kappa shape index (κ3) is 1.28. The monoisotopic (exact) mass is 138 g/mol. The third-order valence-electron chi connectivity index (χ3n) is 2.21. The van der Waals surface area contributed by atoms with Crippen molar-refractivity contribution in [3.63, 3.8) is 0 Å². The van der Waals surface area contributed by atoms with E-state index in [0.29, 0.717) is 11.7 Å². The van der Waals surface area contributed by atoms with E-state index in [2.05, 4.69) is 13.5 Å². The number of ketones is 1. The molecular formula is C9H14O. The van der Waals surface area contributed by atoms with Crippen molar-refractivity contribution in [3.8, 4) is 0 Å². The highest BCUT2D eigenvalue weighted by molar-refractivity contribution is 5.97. The topological polar surface area (TPSA) is 17.1 Å². The molecule has 0 bridgehead atoms. The van der Waals surface area contributed by atoms with Gasteiger partial charge in [0, 0.05) is 6.42 Å². The molecule has 1 heteroatoms. The molecule has 1 atom stereocenters. The van der Waals surface area contributed by atoms with E-state index in [4.69, 9.17) is 0 Å². The van der Waals surface area contributed by atoms with Crippen LogP contribution in [-0.2, 0) is 4.79 Å². The van der Waals surface area contributed by atoms with Crippen molar-refractivity contribution in [3.05, 3.63) is 12.2 Å². The van der Waals surface area contributed by atoms with Crippen molar-refractivity contribution in [2.24, 2.45) is 5.92 Å². The Balaban J connectivity index is 2.49. The first-order valence-electron chi connectivity index (χ1n) is 3.97. The number of allylic oxidation sites excluding steroid dienone is 1. The first-order valence-corrected chi connectivity index (χ1v) is 3.97. The van der Waals surface area contributed by atoms with Crippen LogP contribution in [0.25, 0.3) is 0 Å². The minimum Gasteiger partial charge on any atom is -0.295 e. The molecular weight excluding hydrogens is 124 g/mol. The number of Topliss-reactive ketones (excluding diaryl/α,β-unsaturated/α-hetero) is 1. The second-order valence-corrected chi connectivity index (χ2v) is 2.97. The predicted octanol–water partition coefficient (Wildman–Crippen LogP) is 2.32. The number of hydrogen-bond donors (Lipinski definition) is 0. The summed E-state index contributed by atoms with van der Waals surface area (Å²) < 4.78 is 0. The number of rotatable bonds is 2. The predicted molar refractivity (Wildman–Crippen MR) is 41.8 cm³/mol. The van der Waals surface area contributed by atoms with Crippen LogP contribution in [-0.4, -0.2) is 5.78 Å². The molecule has 1 aliphatic carbocycles. The summed E-state index contributed by atoms with van der Waals surface area (Å²) in [6.07, 6.45) is 4.09. The van der Waals surface area contributed by atoms with Crippen molar-refractivity contribution < 1.29 is 4.79 Å². The Morgan fingerprint density at radius 3 is 2.80 bits per heavy atom. The summed E-state index contributed by atoms with van der Waals surface area (Å²) in [5.41, 5.74) is 0.877. The number of carbonyl (C=O) groups is 1. The lowest BCUT2D eigenvalue weighted by molar-refractivity contribution is -0.114. The standard InChI is InChI=1S/C9H14O/c1-3-4-8-5-6-9(10)7(8)2/h8H,2-6H2,1H3. The smallest absolute Gasteiger partial charge is 0.158 e. The molecule has 10 heavy (non-hydrogen) atoms. The van der Waals surface area contributed by atoms with Crippen LogP contribution >= 0.6 is 0 Å². The van der Waals surface area contributed by atoms with Gasteiger partial charge in [0.1, 0.15) is 0 Å². The van der Waals surface area contributed by atoms with E-state index in [-0.39, 0.29) is 0 Å². The van der Waals surface area contributed by atoms with Gasteiger partial charge in [-0.25, -0.2) is 0 Å². The highest BCUT2D eigenvalue weighted by atomic mass is 16.1. The normalized spacial score (nSPS) is 25.9. The van der Waals surface area contributed by atoms with Crippen LogP contribution in [0.15, 0.2) is 12.2 Å². The van der Waals surface area contributed by atoms with E-state index < -0.39 is 0 Å². The van der Waals surface area contributed by atoms with Gasteiger partial charge in [-0.05, 0) is 24.3 Å². The maximum Gasteiger partial charge on any atom is 0.158 e. The maximum absolute atomic E-state index is 11.0. The molecule has 1 fully saturated rings. The van der Waals surface area contributed by atoms with Gasteiger partial charge >= 0.3 is 0 Å². The first kappa shape index (κ1) is 7.52. The van der Waals surface area contributed by atoms with Gasteiger partial charge in [0.25, 0.3) is 0 Å². The average molecular weight is 138 g/mol. The molecule has 1 aliphatic rings. The zero-order valence-electron chi connectivity index (χ0n) is 6.52. The van der Waals surface area contributed by atoms with Crippen LogP contribution in [0.2, 0.25) is 0 Å². The molecule has 0 heterocycles. The number of carbonyl (C=O) groups excluding carboxylic acids is 1. The van der Waals surface area contributed by atoms with Gasteiger partial charge in [0.05, 0.1) is 0 Å². The fraction of sp³-hybridized carbons (Fsp3) is 0.667. The summed E-state index contributed by atoms with van der Waals surface area (Å²) in [6.45, 7) is 5.93. The Kier molecular flexibility index (Phi) is 2.25. The largest absolute Gasteiger partial charge is 0.295 e. The molecule has 0 spiro atoms. The molecule has 0 aromatic rings. The first-order chi connectivity index (χ1) is 4.75. The molecule has 0 N–H and O–H groups in total. The van der Waals surface area contributed by atoms with Crippen LogP contribution in [0, 0.1) is 5.92 Å². The molecule has 1 unspecified atom stereocenters. The second kappa shape index (κ2) is 3.00. The third-order valence-corrected chi connectivity index (χ3v) is 2.21. The van der Waals surface area contributed by atoms with Crippen molar-refractivity contribution in [1.82, 2.24) is 0 Å². The van der Waals surface area contributed by atoms with Gasteiger partial charge in [-0.1, -0.05) is 19.9 Å².